The van der Waals surface area contributed by atoms with Crippen molar-refractivity contribution >= 4 is 67.2 Å². The van der Waals surface area contributed by atoms with Gasteiger partial charge in [0.25, 0.3) is 17.4 Å². The van der Waals surface area contributed by atoms with Crippen LogP contribution in [-0.2, 0) is 89.7 Å². The molecule has 4 aliphatic heterocycles. The summed E-state index contributed by atoms with van der Waals surface area (Å²) >= 11 is 0. The summed E-state index contributed by atoms with van der Waals surface area (Å²) in [4.78, 5) is 108. The molecule has 0 radical (unpaired) electrons. The number of carbonyl (C=O) groups excluding carboxylic acids is 3. The van der Waals surface area contributed by atoms with E-state index in [0.29, 0.717) is 19.3 Å². The Kier molecular flexibility index (Phi) is 72.8. The smallest absolute Gasteiger partial charge is 0.862 e. The zero-order valence-corrected chi connectivity index (χ0v) is 92.7. The van der Waals surface area contributed by atoms with Gasteiger partial charge in [0, 0.05) is 58.2 Å². The van der Waals surface area contributed by atoms with Gasteiger partial charge in [-0.25, -0.2) is 18.9 Å². The Morgan fingerprint density at radius 3 is 0.993 bits per heavy atom. The number of ether oxygens (including phenoxy) is 10. The van der Waals surface area contributed by atoms with Crippen LogP contribution in [-0.4, -0.2) is 386 Å². The van der Waals surface area contributed by atoms with Crippen LogP contribution in [0.2, 0.25) is 0 Å². The Morgan fingerprint density at radius 1 is 0.399 bits per heavy atom. The molecule has 0 saturated carbocycles. The van der Waals surface area contributed by atoms with Crippen molar-refractivity contribution in [1.29, 1.82) is 0 Å². The fourth-order valence-corrected chi connectivity index (χ4v) is 16.9. The fourth-order valence-electron chi connectivity index (χ4n) is 16.2. The number of hydrogen-bond donors (Lipinski definition) is 18. The number of aliphatic imine (C=N–C) groups is 4. The average molecular weight is 2060 g/mol. The molecule has 0 aromatic carbocycles. The first-order valence-corrected chi connectivity index (χ1v) is 47.5. The number of rotatable bonds is 70. The SMILES string of the molecule is CCCCCCCCCCCCCCCC(=O)OC[C@H](COP(=O)(O)OCCN(CCO[C@]1(C(=O)[O-])C[C@H](O)[C@@H](N=C(C)[O-])[C@H]([C@H](O)[C@@H](CO)O[C@]2(C(=O)O)C[C@H](O)[C@@H](N=C(C)[O-])[C@H]([C@@H](O)[C@H](O)CO)O2)O1)CCO[C@]1(C(=O)O)C[C@H](O)[C@@H](N=C(C)[O-])[C@H]([C@H](O)[C@@H](CO)O[C@]2(C(=O)O)C[C@H](O)[C@@H](N=C(C)[O-])[C@H]([C@@H](O)[C@H](O)CO)O2)O1)OC(=O)CCCCCCCCCCCCCCC.[Na+].[Na+].[Na+].[Na+].[Na+]. The monoisotopic (exact) mass is 2050 g/mol. The summed E-state index contributed by atoms with van der Waals surface area (Å²) in [6, 6.07) is -7.98. The Labute approximate surface area is 915 Å². The van der Waals surface area contributed by atoms with E-state index in [9.17, 15) is 151 Å². The molecule has 0 amide bonds. The molecule has 18 N–H and O–H groups in total. The van der Waals surface area contributed by atoms with Gasteiger partial charge >= 0.3 is 185 Å². The Morgan fingerprint density at radius 2 is 0.681 bits per heavy atom. The molecule has 138 heavy (non-hydrogen) atoms. The van der Waals surface area contributed by atoms with Gasteiger partial charge in [0.15, 0.2) is 6.10 Å². The minimum Gasteiger partial charge on any atom is -0.862 e. The van der Waals surface area contributed by atoms with E-state index in [2.05, 4.69) is 33.8 Å². The van der Waals surface area contributed by atoms with Crippen molar-refractivity contribution in [3.63, 3.8) is 0 Å². The van der Waals surface area contributed by atoms with Crippen molar-refractivity contribution in [2.75, 3.05) is 79.1 Å². The summed E-state index contributed by atoms with van der Waals surface area (Å²) in [6.45, 7) is -4.49. The van der Waals surface area contributed by atoms with Crippen molar-refractivity contribution in [3.8, 4) is 0 Å². The number of esters is 2. The number of aliphatic carboxylic acids is 4. The van der Waals surface area contributed by atoms with E-state index in [-0.39, 0.29) is 161 Å². The second-order valence-electron chi connectivity index (χ2n) is 34.2. The van der Waals surface area contributed by atoms with Crippen molar-refractivity contribution < 1.29 is 355 Å². The van der Waals surface area contributed by atoms with Gasteiger partial charge in [0.2, 0.25) is 5.79 Å². The van der Waals surface area contributed by atoms with E-state index in [1.165, 1.54) is 70.6 Å². The molecule has 0 spiro atoms. The molecule has 772 valence electrons. The molecule has 4 heterocycles. The first-order chi connectivity index (χ1) is 62.9. The predicted octanol–water partition coefficient (Wildman–Crippen LogP) is -19.2. The van der Waals surface area contributed by atoms with Gasteiger partial charge < -0.3 is 169 Å². The molecule has 4 aliphatic rings. The summed E-state index contributed by atoms with van der Waals surface area (Å²) in [5.74, 6) is -28.0. The van der Waals surface area contributed by atoms with Gasteiger partial charge in [-0.05, 0) is 64.1 Å². The third-order valence-corrected chi connectivity index (χ3v) is 24.3. The summed E-state index contributed by atoms with van der Waals surface area (Å²) in [5.41, 5.74) is 0. The van der Waals surface area contributed by atoms with Crippen molar-refractivity contribution in [3.05, 3.63) is 0 Å². The second-order valence-corrected chi connectivity index (χ2v) is 35.7. The number of unbranched alkanes of at least 4 members (excludes halogenated alkanes) is 24. The maximum absolute atomic E-state index is 14.0. The van der Waals surface area contributed by atoms with Crippen LogP contribution < -0.4 is 173 Å². The van der Waals surface area contributed by atoms with Crippen LogP contribution in [0.5, 0.6) is 0 Å². The van der Waals surface area contributed by atoms with E-state index in [1.807, 2.05) is 0 Å². The van der Waals surface area contributed by atoms with E-state index < -0.39 is 323 Å². The number of carboxylic acids is 4. The standard InChI is InChI=1S/C85H150N5O42P.5Na/c1-7-9-11-13-15-17-19-21-23-25-27-29-31-33-64(105)121-49-55(126-65(106)34-32-30-28-26-24-22-20-18-16-14-12-10-8-2)50-125-133(119,120)124-40-37-90(35-38-122-82(78(111)112)41-56(99)68(88-53(5)97)76(129-82)72(109)62(47-93)127-84(80(115)116)43-58(101)66(86-51(3)95)74(131-84)70(107)60(103)45-91)36-39-123-83(79(113)114)42-57(100)69(89-54(6)98)77(130-83)73(110)63(48-94)128-85(81(117)118)44-59(102)67(87-52(4)96)75(132-85)71(108)61(104)46-92;;;;;/h55-63,66-77,91-94,99-104,107-110H,7-50H2,1-6H3,(H,86,95)(H,87,96)(H,88,97)(H,89,98)(H,111,112)(H,113,114)(H,115,116)(H,117,118)(H,119,120);;;;;/q;5*+1/p-5/t55-,56+,57+,58+,59+,60-,61-,62-,63-,66-,67-,68-,69-,70+,71+,72-,73-,74-,75-,76-,77-,82-,83-,84-,85-;;;;;/m1...../s1. The molecule has 0 aliphatic carbocycles. The first kappa shape index (κ1) is 139. The molecular weight excluding hydrogens is 1910 g/mol. The zero-order valence-electron chi connectivity index (χ0n) is 81.8. The van der Waals surface area contributed by atoms with Crippen LogP contribution in [0.3, 0.4) is 0 Å². The van der Waals surface area contributed by atoms with Gasteiger partial charge in [-0.1, -0.05) is 168 Å². The predicted molar refractivity (Wildman–Crippen MR) is 454 cm³/mol. The molecule has 26 atom stereocenters. The van der Waals surface area contributed by atoms with Crippen molar-refractivity contribution in [1.82, 2.24) is 4.90 Å². The van der Waals surface area contributed by atoms with E-state index in [0.717, 1.165) is 110 Å². The third kappa shape index (κ3) is 47.0. The second kappa shape index (κ2) is 72.3. The van der Waals surface area contributed by atoms with Crippen molar-refractivity contribution in [2.24, 2.45) is 20.0 Å². The number of carboxylic acid groups (broad SMARTS) is 4. The van der Waals surface area contributed by atoms with Crippen LogP contribution in [0.4, 0.5) is 0 Å². The van der Waals surface area contributed by atoms with E-state index >= 15 is 0 Å². The maximum atomic E-state index is 14.0. The minimum absolute atomic E-state index is 0. The van der Waals surface area contributed by atoms with Crippen molar-refractivity contribution in [2.45, 2.75) is 398 Å². The fraction of sp³-hybridized carbons (Fsp3) is 0.882. The molecule has 4 fully saturated rings. The first-order valence-electron chi connectivity index (χ1n) is 46.0. The Hall–Kier alpha value is -1.11. The molecule has 4 rings (SSSR count). The van der Waals surface area contributed by atoms with Gasteiger partial charge in [-0.3, -0.25) is 43.5 Å². The topological polar surface area (TPSA) is 762 Å². The number of phosphoric acid groups is 1. The van der Waals surface area contributed by atoms with E-state index in [4.69, 9.17) is 56.4 Å². The zero-order chi connectivity index (χ0) is 99.4. The normalized spacial score (nSPS) is 27.8. The molecule has 0 bridgehead atoms. The van der Waals surface area contributed by atoms with Crippen LogP contribution in [0.15, 0.2) is 20.0 Å². The largest absolute Gasteiger partial charge is 1.00 e. The summed E-state index contributed by atoms with van der Waals surface area (Å²) in [7, 11) is -5.37. The Balaban J connectivity index is 0. The molecule has 53 heteroatoms. The number of hydrogen-bond acceptors (Lipinski definition) is 43. The van der Waals surface area contributed by atoms with Gasteiger partial charge in [-0.15, -0.1) is 0 Å². The summed E-state index contributed by atoms with van der Waals surface area (Å²) < 4.78 is 81.8. The Bertz CT molecular complexity index is 3450. The van der Waals surface area contributed by atoms with Crippen LogP contribution in [0.1, 0.15) is 247 Å². The number of nitrogens with zero attached hydrogens (tertiary/aromatic N) is 5. The maximum Gasteiger partial charge on any atom is 1.00 e. The van der Waals surface area contributed by atoms with Gasteiger partial charge in [0.1, 0.15) is 110 Å². The molecular formula is C85H145N5Na5O42P. The van der Waals surface area contributed by atoms with E-state index in [1.54, 1.807) is 0 Å². The van der Waals surface area contributed by atoms with Gasteiger partial charge in [0.05, 0.1) is 77.3 Å². The summed E-state index contributed by atoms with van der Waals surface area (Å²) in [6.07, 6.45) is -17.5. The van der Waals surface area contributed by atoms with Crippen LogP contribution >= 0.6 is 7.82 Å². The molecule has 4 saturated heterocycles. The molecule has 1 unspecified atom stereocenters. The third-order valence-electron chi connectivity index (χ3n) is 23.3. The number of phosphoric ester groups is 1. The average Bonchev–Trinajstić information content (AvgIpc) is 0.758. The van der Waals surface area contributed by atoms with Crippen LogP contribution in [0, 0.1) is 0 Å². The number of aliphatic hydroxyl groups excluding tert-OH is 14. The summed E-state index contributed by atoms with van der Waals surface area (Å²) in [5, 5.41) is 250. The molecule has 0 aromatic heterocycles. The van der Waals surface area contributed by atoms with Gasteiger partial charge in [-0.2, -0.15) is 0 Å². The van der Waals surface area contributed by atoms with Crippen LogP contribution in [0.25, 0.3) is 0 Å². The molecule has 0 aromatic rings. The number of carbonyl (C=O) groups is 6. The minimum atomic E-state index is -5.37. The molecule has 47 nitrogen and oxygen atoms in total. The number of aliphatic hydroxyl groups is 14. The quantitative estimate of drug-likeness (QED) is 0.00671.